The van der Waals surface area contributed by atoms with E-state index in [-0.39, 0.29) is 6.04 Å². The summed E-state index contributed by atoms with van der Waals surface area (Å²) in [5.41, 5.74) is 8.15. The predicted molar refractivity (Wildman–Crippen MR) is 52.2 cm³/mol. The quantitative estimate of drug-likeness (QED) is 0.650. The maximum Gasteiger partial charge on any atom is 0.0444 e. The van der Waals surface area contributed by atoms with E-state index in [1.807, 2.05) is 24.3 Å². The molecule has 62 valence electrons. The molecular weight excluding hydrogens is 170 g/mol. The molecule has 1 aromatic rings. The minimum atomic E-state index is 0.123. The van der Waals surface area contributed by atoms with Crippen molar-refractivity contribution in [2.75, 3.05) is 0 Å². The smallest absolute Gasteiger partial charge is 0.0444 e. The second-order valence-electron chi connectivity index (χ2n) is 3.03. The summed E-state index contributed by atoms with van der Waals surface area (Å²) in [6.45, 7) is 0. The Morgan fingerprint density at radius 2 is 2.25 bits per heavy atom. The SMILES string of the molecule is NC1C=Cc2cccc(Cl)c2C1. The molecule has 0 amide bonds. The molecule has 1 aliphatic carbocycles. The molecule has 1 aliphatic rings. The average Bonchev–Trinajstić information content (AvgIpc) is 2.07. The minimum Gasteiger partial charge on any atom is -0.324 e. The molecule has 0 fully saturated rings. The van der Waals surface area contributed by atoms with Gasteiger partial charge >= 0.3 is 0 Å². The first kappa shape index (κ1) is 7.84. The van der Waals surface area contributed by atoms with Crippen LogP contribution in [0.2, 0.25) is 5.02 Å². The summed E-state index contributed by atoms with van der Waals surface area (Å²) in [7, 11) is 0. The lowest BCUT2D eigenvalue weighted by Crippen LogP contribution is -2.22. The number of halogens is 1. The largest absolute Gasteiger partial charge is 0.324 e. The first-order valence-corrected chi connectivity index (χ1v) is 4.36. The maximum atomic E-state index is 6.02. The second-order valence-corrected chi connectivity index (χ2v) is 3.44. The van der Waals surface area contributed by atoms with Crippen LogP contribution < -0.4 is 5.73 Å². The van der Waals surface area contributed by atoms with Gasteiger partial charge in [-0.2, -0.15) is 0 Å². The van der Waals surface area contributed by atoms with Gasteiger partial charge in [0.2, 0.25) is 0 Å². The van der Waals surface area contributed by atoms with Crippen molar-refractivity contribution in [1.82, 2.24) is 0 Å². The second kappa shape index (κ2) is 2.92. The maximum absolute atomic E-state index is 6.02. The van der Waals surface area contributed by atoms with E-state index in [0.717, 1.165) is 11.4 Å². The van der Waals surface area contributed by atoms with Crippen molar-refractivity contribution in [2.24, 2.45) is 5.73 Å². The highest BCUT2D eigenvalue weighted by atomic mass is 35.5. The summed E-state index contributed by atoms with van der Waals surface area (Å²) in [5.74, 6) is 0. The van der Waals surface area contributed by atoms with Gasteiger partial charge in [-0.15, -0.1) is 0 Å². The van der Waals surface area contributed by atoms with Gasteiger partial charge in [0.25, 0.3) is 0 Å². The van der Waals surface area contributed by atoms with Gasteiger partial charge in [-0.25, -0.2) is 0 Å². The van der Waals surface area contributed by atoms with Crippen LogP contribution in [-0.2, 0) is 6.42 Å². The van der Waals surface area contributed by atoms with Crippen molar-refractivity contribution in [3.05, 3.63) is 40.4 Å². The van der Waals surface area contributed by atoms with Gasteiger partial charge in [0, 0.05) is 11.1 Å². The molecule has 0 saturated heterocycles. The molecule has 0 spiro atoms. The molecule has 0 heterocycles. The van der Waals surface area contributed by atoms with Crippen molar-refractivity contribution in [2.45, 2.75) is 12.5 Å². The number of fused-ring (bicyclic) bond motifs is 1. The van der Waals surface area contributed by atoms with Gasteiger partial charge in [-0.3, -0.25) is 0 Å². The fourth-order valence-electron chi connectivity index (χ4n) is 1.48. The molecule has 2 N–H and O–H groups in total. The summed E-state index contributed by atoms with van der Waals surface area (Å²) >= 11 is 6.02. The van der Waals surface area contributed by atoms with E-state index in [9.17, 15) is 0 Å². The zero-order valence-corrected chi connectivity index (χ0v) is 7.38. The van der Waals surface area contributed by atoms with Crippen LogP contribution in [0.3, 0.4) is 0 Å². The molecule has 0 radical (unpaired) electrons. The third-order valence-corrected chi connectivity index (χ3v) is 2.47. The standard InChI is InChI=1S/C10H10ClN/c11-10-3-1-2-7-4-5-8(12)6-9(7)10/h1-5,8H,6,12H2. The molecule has 2 heteroatoms. The van der Waals surface area contributed by atoms with Crippen LogP contribution >= 0.6 is 11.6 Å². The Labute approximate surface area is 76.8 Å². The van der Waals surface area contributed by atoms with Crippen molar-refractivity contribution < 1.29 is 0 Å². The van der Waals surface area contributed by atoms with E-state index in [1.165, 1.54) is 11.1 Å². The number of rotatable bonds is 0. The van der Waals surface area contributed by atoms with Crippen molar-refractivity contribution >= 4 is 17.7 Å². The van der Waals surface area contributed by atoms with Crippen LogP contribution in [0.15, 0.2) is 24.3 Å². The molecule has 2 rings (SSSR count). The third-order valence-electron chi connectivity index (χ3n) is 2.12. The molecular formula is C10H10ClN. The van der Waals surface area contributed by atoms with Crippen LogP contribution in [0.25, 0.3) is 6.08 Å². The van der Waals surface area contributed by atoms with Crippen LogP contribution in [0.4, 0.5) is 0 Å². The molecule has 1 unspecified atom stereocenters. The van der Waals surface area contributed by atoms with Gasteiger partial charge in [0.15, 0.2) is 0 Å². The van der Waals surface area contributed by atoms with Gasteiger partial charge in [0.1, 0.15) is 0 Å². The monoisotopic (exact) mass is 179 g/mol. The normalized spacial score (nSPS) is 20.7. The third kappa shape index (κ3) is 1.26. The Balaban J connectivity index is 2.53. The summed E-state index contributed by atoms with van der Waals surface area (Å²) in [5, 5.41) is 0.826. The van der Waals surface area contributed by atoms with Crippen molar-refractivity contribution in [3.63, 3.8) is 0 Å². The minimum absolute atomic E-state index is 0.123. The Morgan fingerprint density at radius 3 is 3.08 bits per heavy atom. The van der Waals surface area contributed by atoms with E-state index in [2.05, 4.69) is 6.07 Å². The summed E-state index contributed by atoms with van der Waals surface area (Å²) in [6, 6.07) is 6.05. The van der Waals surface area contributed by atoms with Crippen molar-refractivity contribution in [1.29, 1.82) is 0 Å². The first-order valence-electron chi connectivity index (χ1n) is 3.98. The molecule has 1 aromatic carbocycles. The number of hydrogen-bond acceptors (Lipinski definition) is 1. The van der Waals surface area contributed by atoms with E-state index >= 15 is 0 Å². The lowest BCUT2D eigenvalue weighted by molar-refractivity contribution is 0.802. The Bertz CT molecular complexity index is 331. The number of nitrogens with two attached hydrogens (primary N) is 1. The van der Waals surface area contributed by atoms with Crippen LogP contribution in [0.1, 0.15) is 11.1 Å². The van der Waals surface area contributed by atoms with Gasteiger partial charge in [-0.1, -0.05) is 35.9 Å². The van der Waals surface area contributed by atoms with Gasteiger partial charge < -0.3 is 5.73 Å². The Hall–Kier alpha value is -0.790. The summed E-state index contributed by atoms with van der Waals surface area (Å²) in [6.07, 6.45) is 4.90. The van der Waals surface area contributed by atoms with Crippen LogP contribution in [-0.4, -0.2) is 6.04 Å². The van der Waals surface area contributed by atoms with E-state index < -0.39 is 0 Å². The molecule has 0 aliphatic heterocycles. The molecule has 0 bridgehead atoms. The number of hydrogen-bond donors (Lipinski definition) is 1. The van der Waals surface area contributed by atoms with Crippen LogP contribution in [0.5, 0.6) is 0 Å². The highest BCUT2D eigenvalue weighted by molar-refractivity contribution is 6.31. The lowest BCUT2D eigenvalue weighted by atomic mass is 9.95. The molecule has 1 nitrogen and oxygen atoms in total. The fraction of sp³-hybridized carbons (Fsp3) is 0.200. The Kier molecular flexibility index (Phi) is 1.91. The lowest BCUT2D eigenvalue weighted by Gasteiger charge is -2.16. The molecule has 0 saturated carbocycles. The highest BCUT2D eigenvalue weighted by Gasteiger charge is 2.12. The summed E-state index contributed by atoms with van der Waals surface area (Å²) in [4.78, 5) is 0. The molecule has 0 aromatic heterocycles. The molecule has 12 heavy (non-hydrogen) atoms. The van der Waals surface area contributed by atoms with Gasteiger partial charge in [0.05, 0.1) is 0 Å². The average molecular weight is 180 g/mol. The number of benzene rings is 1. The van der Waals surface area contributed by atoms with E-state index in [1.54, 1.807) is 0 Å². The highest BCUT2D eigenvalue weighted by Crippen LogP contribution is 2.25. The topological polar surface area (TPSA) is 26.0 Å². The predicted octanol–water partition coefficient (Wildman–Crippen LogP) is 2.24. The fourth-order valence-corrected chi connectivity index (χ4v) is 1.74. The molecule has 1 atom stereocenters. The van der Waals surface area contributed by atoms with Crippen molar-refractivity contribution in [3.8, 4) is 0 Å². The van der Waals surface area contributed by atoms with Crippen LogP contribution in [0, 0.1) is 0 Å². The van der Waals surface area contributed by atoms with E-state index in [0.29, 0.717) is 0 Å². The first-order chi connectivity index (χ1) is 5.77. The summed E-state index contributed by atoms with van der Waals surface area (Å²) < 4.78 is 0. The zero-order valence-electron chi connectivity index (χ0n) is 6.63. The Morgan fingerprint density at radius 1 is 1.42 bits per heavy atom. The van der Waals surface area contributed by atoms with Gasteiger partial charge in [-0.05, 0) is 23.6 Å². The zero-order chi connectivity index (χ0) is 8.55. The van der Waals surface area contributed by atoms with E-state index in [4.69, 9.17) is 17.3 Å².